The van der Waals surface area contributed by atoms with E-state index in [9.17, 15) is 0 Å². The minimum absolute atomic E-state index is 0.254. The monoisotopic (exact) mass is 286 g/mol. The summed E-state index contributed by atoms with van der Waals surface area (Å²) in [6.07, 6.45) is 4.64. The number of ether oxygens (including phenoxy) is 3. The number of nitrogens with one attached hydrogen (secondary N) is 1. The number of pyridine rings is 1. The van der Waals surface area contributed by atoms with Gasteiger partial charge in [-0.3, -0.25) is 4.98 Å². The Labute approximate surface area is 123 Å². The molecule has 0 amide bonds. The molecule has 0 unspecified atom stereocenters. The summed E-state index contributed by atoms with van der Waals surface area (Å²) in [5, 5.41) is 3.41. The summed E-state index contributed by atoms with van der Waals surface area (Å²) in [4.78, 5) is 4.11. The van der Waals surface area contributed by atoms with Gasteiger partial charge in [0.15, 0.2) is 11.5 Å². The standard InChI is InChI=1S/C16H18N2O3/c1-19-14-7-13(8-15-16(14)21-11-20-15)10-18-6-4-12-3-2-5-17-9-12/h2-3,5,7-9,18H,4,6,10-11H2,1H3. The molecular formula is C16H18N2O3. The largest absolute Gasteiger partial charge is 0.493 e. The topological polar surface area (TPSA) is 52.6 Å². The molecule has 0 spiro atoms. The Morgan fingerprint density at radius 1 is 1.29 bits per heavy atom. The molecule has 0 fully saturated rings. The van der Waals surface area contributed by atoms with Crippen molar-refractivity contribution in [3.05, 3.63) is 47.8 Å². The molecule has 1 aromatic carbocycles. The number of benzene rings is 1. The SMILES string of the molecule is COc1cc(CNCCc2cccnc2)cc2c1OCO2. The lowest BCUT2D eigenvalue weighted by molar-refractivity contribution is 0.171. The summed E-state index contributed by atoms with van der Waals surface area (Å²) in [6.45, 7) is 1.90. The van der Waals surface area contributed by atoms with Crippen LogP contribution in [0.3, 0.4) is 0 Å². The van der Waals surface area contributed by atoms with E-state index in [0.29, 0.717) is 11.5 Å². The van der Waals surface area contributed by atoms with Gasteiger partial charge in [-0.15, -0.1) is 0 Å². The number of aromatic nitrogens is 1. The van der Waals surface area contributed by atoms with Crippen LogP contribution in [0.4, 0.5) is 0 Å². The molecule has 0 aliphatic carbocycles. The first-order valence-electron chi connectivity index (χ1n) is 6.93. The van der Waals surface area contributed by atoms with Crippen molar-refractivity contribution in [2.45, 2.75) is 13.0 Å². The molecule has 2 aromatic rings. The highest BCUT2D eigenvalue weighted by Crippen LogP contribution is 2.41. The van der Waals surface area contributed by atoms with Gasteiger partial charge < -0.3 is 19.5 Å². The fourth-order valence-electron chi connectivity index (χ4n) is 2.30. The van der Waals surface area contributed by atoms with Gasteiger partial charge in [-0.05, 0) is 42.3 Å². The summed E-state index contributed by atoms with van der Waals surface area (Å²) in [5.41, 5.74) is 2.34. The van der Waals surface area contributed by atoms with Crippen LogP contribution in [0, 0.1) is 0 Å². The van der Waals surface area contributed by atoms with E-state index in [1.54, 1.807) is 13.3 Å². The van der Waals surface area contributed by atoms with E-state index in [1.165, 1.54) is 5.56 Å². The molecular weight excluding hydrogens is 268 g/mol. The van der Waals surface area contributed by atoms with E-state index in [2.05, 4.69) is 16.4 Å². The second kappa shape index (κ2) is 6.45. The smallest absolute Gasteiger partial charge is 0.231 e. The Morgan fingerprint density at radius 2 is 2.24 bits per heavy atom. The van der Waals surface area contributed by atoms with Crippen molar-refractivity contribution in [2.24, 2.45) is 0 Å². The van der Waals surface area contributed by atoms with Crippen molar-refractivity contribution in [1.82, 2.24) is 10.3 Å². The van der Waals surface area contributed by atoms with Crippen molar-refractivity contribution < 1.29 is 14.2 Å². The van der Waals surface area contributed by atoms with E-state index in [0.717, 1.165) is 30.8 Å². The van der Waals surface area contributed by atoms with Crippen LogP contribution in [-0.4, -0.2) is 25.4 Å². The van der Waals surface area contributed by atoms with Crippen molar-refractivity contribution in [3.8, 4) is 17.2 Å². The minimum atomic E-state index is 0.254. The average molecular weight is 286 g/mol. The normalized spacial score (nSPS) is 12.4. The van der Waals surface area contributed by atoms with Gasteiger partial charge in [0.1, 0.15) is 0 Å². The maximum Gasteiger partial charge on any atom is 0.231 e. The molecule has 2 heterocycles. The lowest BCUT2D eigenvalue weighted by Crippen LogP contribution is -2.16. The zero-order valence-electron chi connectivity index (χ0n) is 12.0. The van der Waals surface area contributed by atoms with E-state index >= 15 is 0 Å². The van der Waals surface area contributed by atoms with Crippen molar-refractivity contribution in [2.75, 3.05) is 20.4 Å². The van der Waals surface area contributed by atoms with Gasteiger partial charge in [0.2, 0.25) is 12.5 Å². The molecule has 1 N–H and O–H groups in total. The third-order valence-corrected chi connectivity index (χ3v) is 3.36. The van der Waals surface area contributed by atoms with Gasteiger partial charge in [-0.2, -0.15) is 0 Å². The van der Waals surface area contributed by atoms with Crippen LogP contribution in [0.5, 0.6) is 17.2 Å². The Hall–Kier alpha value is -2.27. The highest BCUT2D eigenvalue weighted by atomic mass is 16.7. The maximum absolute atomic E-state index is 5.42. The summed E-state index contributed by atoms with van der Waals surface area (Å²) >= 11 is 0. The summed E-state index contributed by atoms with van der Waals surface area (Å²) in [7, 11) is 1.64. The molecule has 5 heteroatoms. The lowest BCUT2D eigenvalue weighted by Gasteiger charge is -2.09. The average Bonchev–Trinajstić information content (AvgIpc) is 3.00. The molecule has 110 valence electrons. The minimum Gasteiger partial charge on any atom is -0.493 e. The van der Waals surface area contributed by atoms with Gasteiger partial charge in [0, 0.05) is 18.9 Å². The summed E-state index contributed by atoms with van der Waals surface area (Å²) in [6, 6.07) is 8.00. The van der Waals surface area contributed by atoms with Gasteiger partial charge in [-0.1, -0.05) is 6.07 Å². The van der Waals surface area contributed by atoms with Crippen LogP contribution < -0.4 is 19.5 Å². The molecule has 1 aliphatic rings. The van der Waals surface area contributed by atoms with Crippen molar-refractivity contribution in [3.63, 3.8) is 0 Å². The zero-order chi connectivity index (χ0) is 14.5. The van der Waals surface area contributed by atoms with Crippen LogP contribution in [0.2, 0.25) is 0 Å². The van der Waals surface area contributed by atoms with Crippen molar-refractivity contribution >= 4 is 0 Å². The fraction of sp³-hybridized carbons (Fsp3) is 0.312. The van der Waals surface area contributed by atoms with E-state index in [-0.39, 0.29) is 6.79 Å². The third kappa shape index (κ3) is 3.25. The van der Waals surface area contributed by atoms with Gasteiger partial charge in [0.05, 0.1) is 7.11 Å². The molecule has 1 aromatic heterocycles. The molecule has 0 atom stereocenters. The first kappa shape index (κ1) is 13.7. The first-order chi connectivity index (χ1) is 10.4. The molecule has 0 bridgehead atoms. The number of rotatable bonds is 6. The highest BCUT2D eigenvalue weighted by Gasteiger charge is 2.19. The molecule has 0 saturated heterocycles. The zero-order valence-corrected chi connectivity index (χ0v) is 12.0. The van der Waals surface area contributed by atoms with Crippen LogP contribution in [0.25, 0.3) is 0 Å². The Morgan fingerprint density at radius 3 is 3.05 bits per heavy atom. The van der Waals surface area contributed by atoms with Crippen LogP contribution in [0.1, 0.15) is 11.1 Å². The number of hydrogen-bond donors (Lipinski definition) is 1. The second-order valence-electron chi connectivity index (χ2n) is 4.82. The van der Waals surface area contributed by atoms with E-state index < -0.39 is 0 Å². The third-order valence-electron chi connectivity index (χ3n) is 3.36. The Bertz CT molecular complexity index is 602. The molecule has 0 radical (unpaired) electrons. The quantitative estimate of drug-likeness (QED) is 0.825. The van der Waals surface area contributed by atoms with E-state index in [1.807, 2.05) is 24.4 Å². The number of hydrogen-bond acceptors (Lipinski definition) is 5. The molecule has 0 saturated carbocycles. The lowest BCUT2D eigenvalue weighted by atomic mass is 10.1. The predicted molar refractivity (Wildman–Crippen MR) is 78.8 cm³/mol. The number of nitrogens with zero attached hydrogens (tertiary/aromatic N) is 1. The first-order valence-corrected chi connectivity index (χ1v) is 6.93. The molecule has 21 heavy (non-hydrogen) atoms. The Kier molecular flexibility index (Phi) is 4.21. The van der Waals surface area contributed by atoms with Gasteiger partial charge in [-0.25, -0.2) is 0 Å². The highest BCUT2D eigenvalue weighted by molar-refractivity contribution is 5.55. The number of fused-ring (bicyclic) bond motifs is 1. The van der Waals surface area contributed by atoms with Crippen LogP contribution in [0.15, 0.2) is 36.7 Å². The molecule has 3 rings (SSSR count). The van der Waals surface area contributed by atoms with Crippen molar-refractivity contribution in [1.29, 1.82) is 0 Å². The van der Waals surface area contributed by atoms with Crippen LogP contribution >= 0.6 is 0 Å². The predicted octanol–water partition coefficient (Wildman–Crippen LogP) is 2.15. The molecule has 1 aliphatic heterocycles. The fourth-order valence-corrected chi connectivity index (χ4v) is 2.30. The summed E-state index contributed by atoms with van der Waals surface area (Å²) < 4.78 is 16.1. The van der Waals surface area contributed by atoms with E-state index in [4.69, 9.17) is 14.2 Å². The van der Waals surface area contributed by atoms with Crippen LogP contribution in [-0.2, 0) is 13.0 Å². The second-order valence-corrected chi connectivity index (χ2v) is 4.82. The Balaban J connectivity index is 1.56. The maximum atomic E-state index is 5.42. The number of methoxy groups -OCH3 is 1. The summed E-state index contributed by atoms with van der Waals surface area (Å²) in [5.74, 6) is 2.16. The molecule has 5 nitrogen and oxygen atoms in total. The van der Waals surface area contributed by atoms with Gasteiger partial charge >= 0.3 is 0 Å². The van der Waals surface area contributed by atoms with Gasteiger partial charge in [0.25, 0.3) is 0 Å².